The van der Waals surface area contributed by atoms with Crippen LogP contribution in [0.15, 0.2) is 36.4 Å². The number of hydrogen-bond acceptors (Lipinski definition) is 3. The van der Waals surface area contributed by atoms with E-state index in [4.69, 9.17) is 10.2 Å². The zero-order chi connectivity index (χ0) is 13.1. The fourth-order valence-corrected chi connectivity index (χ4v) is 1.48. The fraction of sp³-hybridized carbons (Fsp3) is 0.0769. The molecular formula is C13H11F2NO2. The predicted molar refractivity (Wildman–Crippen MR) is 63.5 cm³/mol. The molecule has 0 fully saturated rings. The van der Waals surface area contributed by atoms with Gasteiger partial charge in [0.15, 0.2) is 23.1 Å². The minimum absolute atomic E-state index is 0.279. The Bertz CT molecular complexity index is 521. The standard InChI is InChI=1S/C13H11F2NO2/c14-10-5-8(1-3-12(10)17)7-16-9-2-4-13(18)11(15)6-9/h1-6,16-18H,7H2. The van der Waals surface area contributed by atoms with E-state index in [1.54, 1.807) is 6.07 Å². The van der Waals surface area contributed by atoms with Gasteiger partial charge in [-0.2, -0.15) is 0 Å². The minimum atomic E-state index is -0.725. The van der Waals surface area contributed by atoms with E-state index in [0.717, 1.165) is 6.07 Å². The molecule has 0 aliphatic heterocycles. The van der Waals surface area contributed by atoms with E-state index in [-0.39, 0.29) is 6.54 Å². The molecule has 0 aromatic heterocycles. The molecule has 0 amide bonds. The number of halogens is 2. The van der Waals surface area contributed by atoms with Crippen molar-refractivity contribution in [3.63, 3.8) is 0 Å². The van der Waals surface area contributed by atoms with Gasteiger partial charge in [0.25, 0.3) is 0 Å². The molecular weight excluding hydrogens is 240 g/mol. The molecule has 0 heterocycles. The summed E-state index contributed by atoms with van der Waals surface area (Å²) in [6.45, 7) is 0.279. The lowest BCUT2D eigenvalue weighted by molar-refractivity contribution is 0.431. The Balaban J connectivity index is 2.06. The van der Waals surface area contributed by atoms with Gasteiger partial charge < -0.3 is 15.5 Å². The second kappa shape index (κ2) is 4.91. The van der Waals surface area contributed by atoms with Gasteiger partial charge in [0.1, 0.15) is 0 Å². The molecule has 0 unspecified atom stereocenters. The second-order valence-corrected chi connectivity index (χ2v) is 3.81. The third-order valence-corrected chi connectivity index (χ3v) is 2.46. The topological polar surface area (TPSA) is 52.5 Å². The summed E-state index contributed by atoms with van der Waals surface area (Å²) in [5, 5.41) is 20.9. The van der Waals surface area contributed by atoms with Gasteiger partial charge in [-0.05, 0) is 29.8 Å². The molecule has 0 aliphatic rings. The van der Waals surface area contributed by atoms with E-state index in [1.165, 1.54) is 24.3 Å². The highest BCUT2D eigenvalue weighted by atomic mass is 19.1. The summed E-state index contributed by atoms with van der Waals surface area (Å²) in [7, 11) is 0. The Morgan fingerprint density at radius 1 is 0.889 bits per heavy atom. The number of aromatic hydroxyl groups is 2. The maximum atomic E-state index is 13.1. The van der Waals surface area contributed by atoms with Gasteiger partial charge in [0.2, 0.25) is 0 Å². The highest BCUT2D eigenvalue weighted by Gasteiger charge is 2.03. The highest BCUT2D eigenvalue weighted by Crippen LogP contribution is 2.21. The number of rotatable bonds is 3. The molecule has 18 heavy (non-hydrogen) atoms. The van der Waals surface area contributed by atoms with Crippen molar-refractivity contribution < 1.29 is 19.0 Å². The Morgan fingerprint density at radius 3 is 2.11 bits per heavy atom. The van der Waals surface area contributed by atoms with Crippen LogP contribution < -0.4 is 5.32 Å². The van der Waals surface area contributed by atoms with E-state index < -0.39 is 23.1 Å². The van der Waals surface area contributed by atoms with E-state index in [2.05, 4.69) is 5.32 Å². The second-order valence-electron chi connectivity index (χ2n) is 3.81. The zero-order valence-corrected chi connectivity index (χ0v) is 9.32. The number of hydrogen-bond donors (Lipinski definition) is 3. The first-order valence-corrected chi connectivity index (χ1v) is 5.26. The summed E-state index contributed by atoms with van der Waals surface area (Å²) < 4.78 is 26.1. The van der Waals surface area contributed by atoms with Crippen LogP contribution in [0.5, 0.6) is 11.5 Å². The van der Waals surface area contributed by atoms with Gasteiger partial charge in [-0.3, -0.25) is 0 Å². The Hall–Kier alpha value is -2.30. The van der Waals surface area contributed by atoms with Crippen LogP contribution in [-0.4, -0.2) is 10.2 Å². The first-order valence-electron chi connectivity index (χ1n) is 5.26. The summed E-state index contributed by atoms with van der Waals surface area (Å²) in [6.07, 6.45) is 0. The summed E-state index contributed by atoms with van der Waals surface area (Å²) in [5.41, 5.74) is 1.08. The molecule has 0 saturated heterocycles. The van der Waals surface area contributed by atoms with E-state index >= 15 is 0 Å². The average Bonchev–Trinajstić information content (AvgIpc) is 2.35. The lowest BCUT2D eigenvalue weighted by Crippen LogP contribution is -2.00. The fourth-order valence-electron chi connectivity index (χ4n) is 1.48. The maximum Gasteiger partial charge on any atom is 0.166 e. The van der Waals surface area contributed by atoms with Gasteiger partial charge in [-0.15, -0.1) is 0 Å². The van der Waals surface area contributed by atoms with Crippen LogP contribution in [0.25, 0.3) is 0 Å². The van der Waals surface area contributed by atoms with Gasteiger partial charge in [0, 0.05) is 18.3 Å². The molecule has 3 nitrogen and oxygen atoms in total. The molecule has 3 N–H and O–H groups in total. The summed E-state index contributed by atoms with van der Waals surface area (Å²) in [4.78, 5) is 0. The Labute approximate surface area is 102 Å². The number of anilines is 1. The van der Waals surface area contributed by atoms with Crippen molar-refractivity contribution in [2.75, 3.05) is 5.32 Å². The molecule has 0 aliphatic carbocycles. The highest BCUT2D eigenvalue weighted by molar-refractivity contribution is 5.47. The van der Waals surface area contributed by atoms with E-state index in [1.807, 2.05) is 0 Å². The SMILES string of the molecule is Oc1ccc(CNc2ccc(O)c(F)c2)cc1F. The maximum absolute atomic E-state index is 13.1. The first-order chi connectivity index (χ1) is 8.56. The Kier molecular flexibility index (Phi) is 3.32. The van der Waals surface area contributed by atoms with Crippen molar-refractivity contribution in [3.05, 3.63) is 53.6 Å². The van der Waals surface area contributed by atoms with Crippen LogP contribution in [0.2, 0.25) is 0 Å². The normalized spacial score (nSPS) is 10.3. The van der Waals surface area contributed by atoms with Crippen LogP contribution in [-0.2, 0) is 6.54 Å². The van der Waals surface area contributed by atoms with Crippen LogP contribution in [0.1, 0.15) is 5.56 Å². The molecule has 0 spiro atoms. The molecule has 94 valence electrons. The summed E-state index contributed by atoms with van der Waals surface area (Å²) in [5.74, 6) is -2.26. The summed E-state index contributed by atoms with van der Waals surface area (Å²) >= 11 is 0. The van der Waals surface area contributed by atoms with E-state index in [0.29, 0.717) is 11.3 Å². The molecule has 2 rings (SSSR count). The number of nitrogens with one attached hydrogen (secondary N) is 1. The molecule has 0 saturated carbocycles. The summed E-state index contributed by atoms with van der Waals surface area (Å²) in [6, 6.07) is 7.89. The molecule has 0 radical (unpaired) electrons. The molecule has 2 aromatic rings. The van der Waals surface area contributed by atoms with Crippen LogP contribution in [0.3, 0.4) is 0 Å². The quantitative estimate of drug-likeness (QED) is 0.735. The van der Waals surface area contributed by atoms with Crippen molar-refractivity contribution in [1.82, 2.24) is 0 Å². The molecule has 0 bridgehead atoms. The predicted octanol–water partition coefficient (Wildman–Crippen LogP) is 2.99. The van der Waals surface area contributed by atoms with Crippen molar-refractivity contribution >= 4 is 5.69 Å². The van der Waals surface area contributed by atoms with Gasteiger partial charge in [0.05, 0.1) is 0 Å². The van der Waals surface area contributed by atoms with Crippen LogP contribution in [0, 0.1) is 11.6 Å². The lowest BCUT2D eigenvalue weighted by Gasteiger charge is -2.07. The average molecular weight is 251 g/mol. The molecule has 0 atom stereocenters. The van der Waals surface area contributed by atoms with Crippen molar-refractivity contribution in [3.8, 4) is 11.5 Å². The van der Waals surface area contributed by atoms with Gasteiger partial charge >= 0.3 is 0 Å². The van der Waals surface area contributed by atoms with Crippen molar-refractivity contribution in [2.24, 2.45) is 0 Å². The van der Waals surface area contributed by atoms with Crippen LogP contribution >= 0.6 is 0 Å². The number of benzene rings is 2. The van der Waals surface area contributed by atoms with Crippen molar-refractivity contribution in [2.45, 2.75) is 6.54 Å². The largest absolute Gasteiger partial charge is 0.505 e. The van der Waals surface area contributed by atoms with Gasteiger partial charge in [-0.25, -0.2) is 8.78 Å². The van der Waals surface area contributed by atoms with E-state index in [9.17, 15) is 8.78 Å². The smallest absolute Gasteiger partial charge is 0.166 e. The number of phenolic OH excluding ortho intramolecular Hbond substituents is 2. The Morgan fingerprint density at radius 2 is 1.50 bits per heavy atom. The van der Waals surface area contributed by atoms with Crippen LogP contribution in [0.4, 0.5) is 14.5 Å². The molecule has 5 heteroatoms. The molecule has 2 aromatic carbocycles. The zero-order valence-electron chi connectivity index (χ0n) is 9.32. The third kappa shape index (κ3) is 2.68. The minimum Gasteiger partial charge on any atom is -0.505 e. The number of phenols is 2. The first kappa shape index (κ1) is 12.2. The monoisotopic (exact) mass is 251 g/mol. The third-order valence-electron chi connectivity index (χ3n) is 2.46. The van der Waals surface area contributed by atoms with Crippen molar-refractivity contribution in [1.29, 1.82) is 0 Å². The lowest BCUT2D eigenvalue weighted by atomic mass is 10.2. The van der Waals surface area contributed by atoms with Gasteiger partial charge in [-0.1, -0.05) is 6.07 Å².